The maximum Gasteiger partial charge on any atom is 0.435 e. The van der Waals surface area contributed by atoms with Gasteiger partial charge in [-0.2, -0.15) is 13.2 Å². The van der Waals surface area contributed by atoms with Crippen molar-refractivity contribution in [3.8, 4) is 0 Å². The molecule has 1 aliphatic heterocycles. The van der Waals surface area contributed by atoms with E-state index in [0.29, 0.717) is 12.1 Å². The Bertz CT molecular complexity index is 984. The van der Waals surface area contributed by atoms with Crippen LogP contribution in [0.1, 0.15) is 36.0 Å². The van der Waals surface area contributed by atoms with Crippen LogP contribution in [0.25, 0.3) is 0 Å². The van der Waals surface area contributed by atoms with Crippen molar-refractivity contribution in [2.45, 2.75) is 37.6 Å². The Hall–Kier alpha value is -2.25. The highest BCUT2D eigenvalue weighted by Gasteiger charge is 2.62. The number of hydrogen-bond acceptors (Lipinski definition) is 3. The molecule has 1 N–H and O–H groups in total. The van der Waals surface area contributed by atoms with Gasteiger partial charge in [0.2, 0.25) is 5.91 Å². The summed E-state index contributed by atoms with van der Waals surface area (Å²) in [5.74, 6) is 0.146. The number of oxime groups is 1. The van der Waals surface area contributed by atoms with Gasteiger partial charge in [-0.15, -0.1) is 0 Å². The summed E-state index contributed by atoms with van der Waals surface area (Å²) in [5.41, 5.74) is -1.35. The molecular weight excluding hydrogens is 440 g/mol. The van der Waals surface area contributed by atoms with E-state index in [2.05, 4.69) is 10.5 Å². The number of benzene rings is 2. The predicted octanol–water partition coefficient (Wildman–Crippen LogP) is 5.60. The summed E-state index contributed by atoms with van der Waals surface area (Å²) in [6.45, 7) is 0.367. The third-order valence-electron chi connectivity index (χ3n) is 5.22. The highest BCUT2D eigenvalue weighted by molar-refractivity contribution is 6.34. The minimum Gasteiger partial charge on any atom is -0.374 e. The summed E-state index contributed by atoms with van der Waals surface area (Å²) in [4.78, 5) is 16.7. The van der Waals surface area contributed by atoms with E-state index in [0.717, 1.165) is 18.4 Å². The average Bonchev–Trinajstić information content (AvgIpc) is 3.43. The van der Waals surface area contributed by atoms with Gasteiger partial charge in [-0.25, -0.2) is 0 Å². The maximum absolute atomic E-state index is 14.0. The fourth-order valence-electron chi connectivity index (χ4n) is 3.34. The lowest BCUT2D eigenvalue weighted by molar-refractivity contribution is -0.275. The van der Waals surface area contributed by atoms with Crippen LogP contribution in [0.15, 0.2) is 47.6 Å². The van der Waals surface area contributed by atoms with Gasteiger partial charge in [-0.1, -0.05) is 52.6 Å². The van der Waals surface area contributed by atoms with Gasteiger partial charge in [-0.05, 0) is 42.2 Å². The molecule has 1 saturated carbocycles. The van der Waals surface area contributed by atoms with Crippen molar-refractivity contribution in [1.82, 2.24) is 5.32 Å². The Labute approximate surface area is 181 Å². The first-order valence-corrected chi connectivity index (χ1v) is 10.1. The highest BCUT2D eigenvalue weighted by Crippen LogP contribution is 2.49. The SMILES string of the molecule is O=C(NCc1ccc(C2=NOC(c3cc(Cl)cc(Cl)c3)(C(F)(F)F)C2)cc1)C1CC1. The number of alkyl halides is 3. The molecule has 0 aromatic heterocycles. The molecular formula is C21H17Cl2F3N2O2. The van der Waals surface area contributed by atoms with Crippen LogP contribution in [0.4, 0.5) is 13.2 Å². The van der Waals surface area contributed by atoms with E-state index in [9.17, 15) is 18.0 Å². The molecule has 30 heavy (non-hydrogen) atoms. The summed E-state index contributed by atoms with van der Waals surface area (Å²) >= 11 is 11.8. The van der Waals surface area contributed by atoms with Crippen LogP contribution in [0, 0.1) is 5.92 Å². The van der Waals surface area contributed by atoms with Crippen molar-refractivity contribution in [2.24, 2.45) is 11.1 Å². The summed E-state index contributed by atoms with van der Waals surface area (Å²) in [6.07, 6.45) is -3.41. The number of carbonyl (C=O) groups excluding carboxylic acids is 1. The highest BCUT2D eigenvalue weighted by atomic mass is 35.5. The summed E-state index contributed by atoms with van der Waals surface area (Å²) in [5, 5.41) is 6.74. The van der Waals surface area contributed by atoms with Gasteiger partial charge in [0.25, 0.3) is 5.60 Å². The minimum atomic E-state index is -4.74. The van der Waals surface area contributed by atoms with Gasteiger partial charge >= 0.3 is 6.18 Å². The van der Waals surface area contributed by atoms with Crippen LogP contribution in [0.3, 0.4) is 0 Å². The van der Waals surface area contributed by atoms with Crippen molar-refractivity contribution >= 4 is 34.8 Å². The first kappa shape index (κ1) is 21.0. The maximum atomic E-state index is 14.0. The van der Waals surface area contributed by atoms with Gasteiger partial charge in [0.1, 0.15) is 0 Å². The first-order valence-electron chi connectivity index (χ1n) is 9.33. The number of nitrogens with one attached hydrogen (secondary N) is 1. The number of rotatable bonds is 5. The molecule has 2 aromatic rings. The first-order chi connectivity index (χ1) is 14.2. The minimum absolute atomic E-state index is 0.0304. The third-order valence-corrected chi connectivity index (χ3v) is 5.65. The fraction of sp³-hybridized carbons (Fsp3) is 0.333. The summed E-state index contributed by atoms with van der Waals surface area (Å²) in [6, 6.07) is 10.5. The van der Waals surface area contributed by atoms with E-state index in [4.69, 9.17) is 28.0 Å². The molecule has 1 unspecified atom stereocenters. The second kappa shape index (κ2) is 7.78. The Kier molecular flexibility index (Phi) is 5.45. The number of nitrogens with zero attached hydrogens (tertiary/aromatic N) is 1. The van der Waals surface area contributed by atoms with E-state index < -0.39 is 18.2 Å². The van der Waals surface area contributed by atoms with Gasteiger partial charge in [0, 0.05) is 34.5 Å². The van der Waals surface area contributed by atoms with E-state index in [1.54, 1.807) is 24.3 Å². The van der Waals surface area contributed by atoms with Crippen LogP contribution in [0.5, 0.6) is 0 Å². The number of hydrogen-bond donors (Lipinski definition) is 1. The second-order valence-electron chi connectivity index (χ2n) is 7.48. The van der Waals surface area contributed by atoms with E-state index in [-0.39, 0.29) is 33.1 Å². The van der Waals surface area contributed by atoms with Crippen LogP contribution < -0.4 is 5.32 Å². The molecule has 4 rings (SSSR count). The fourth-order valence-corrected chi connectivity index (χ4v) is 3.87. The van der Waals surface area contributed by atoms with Gasteiger partial charge in [0.15, 0.2) is 0 Å². The zero-order valence-electron chi connectivity index (χ0n) is 15.6. The van der Waals surface area contributed by atoms with Crippen LogP contribution in [0.2, 0.25) is 10.0 Å². The second-order valence-corrected chi connectivity index (χ2v) is 8.35. The number of halogens is 5. The Morgan fingerprint density at radius 1 is 1.13 bits per heavy atom. The Balaban J connectivity index is 1.52. The van der Waals surface area contributed by atoms with E-state index in [1.807, 2.05) is 0 Å². The van der Waals surface area contributed by atoms with Crippen LogP contribution in [-0.4, -0.2) is 17.8 Å². The van der Waals surface area contributed by atoms with Crippen LogP contribution in [-0.2, 0) is 21.8 Å². The predicted molar refractivity (Wildman–Crippen MR) is 107 cm³/mol. The van der Waals surface area contributed by atoms with Crippen molar-refractivity contribution in [3.63, 3.8) is 0 Å². The van der Waals surface area contributed by atoms with E-state index >= 15 is 0 Å². The molecule has 0 saturated heterocycles. The van der Waals surface area contributed by atoms with Gasteiger partial charge < -0.3 is 10.2 Å². The molecule has 1 fully saturated rings. The van der Waals surface area contributed by atoms with E-state index in [1.165, 1.54) is 18.2 Å². The average molecular weight is 457 g/mol. The summed E-state index contributed by atoms with van der Waals surface area (Å²) < 4.78 is 42.1. The molecule has 0 spiro atoms. The standard InChI is InChI=1S/C21H17Cl2F3N2O2/c22-16-7-15(8-17(23)9-16)20(21(24,25)26)10-18(28-30-20)13-3-1-12(2-4-13)11-27-19(29)14-5-6-14/h1-4,7-9,14H,5-6,10-11H2,(H,27,29). The van der Waals surface area contributed by atoms with Crippen molar-refractivity contribution in [1.29, 1.82) is 0 Å². The number of carbonyl (C=O) groups is 1. The summed E-state index contributed by atoms with van der Waals surface area (Å²) in [7, 11) is 0. The van der Waals surface area contributed by atoms with Crippen molar-refractivity contribution < 1.29 is 22.8 Å². The van der Waals surface area contributed by atoms with Crippen molar-refractivity contribution in [2.75, 3.05) is 0 Å². The molecule has 9 heteroatoms. The molecule has 1 heterocycles. The topological polar surface area (TPSA) is 50.7 Å². The van der Waals surface area contributed by atoms with Gasteiger partial charge in [-0.3, -0.25) is 4.79 Å². The molecule has 158 valence electrons. The van der Waals surface area contributed by atoms with Crippen LogP contribution >= 0.6 is 23.2 Å². The largest absolute Gasteiger partial charge is 0.435 e. The Morgan fingerprint density at radius 2 is 1.77 bits per heavy atom. The molecule has 1 aliphatic carbocycles. The molecule has 0 radical (unpaired) electrons. The molecule has 1 amide bonds. The lowest BCUT2D eigenvalue weighted by Gasteiger charge is -2.29. The molecule has 4 nitrogen and oxygen atoms in total. The quantitative estimate of drug-likeness (QED) is 0.636. The zero-order valence-corrected chi connectivity index (χ0v) is 17.1. The van der Waals surface area contributed by atoms with Gasteiger partial charge in [0.05, 0.1) is 5.71 Å². The molecule has 0 bridgehead atoms. The Morgan fingerprint density at radius 3 is 2.33 bits per heavy atom. The molecule has 2 aromatic carbocycles. The monoisotopic (exact) mass is 456 g/mol. The third kappa shape index (κ3) is 4.14. The number of amides is 1. The molecule has 1 atom stereocenters. The normalized spacial score (nSPS) is 21.2. The lowest BCUT2D eigenvalue weighted by atomic mass is 9.86. The zero-order chi connectivity index (χ0) is 21.5. The smallest absolute Gasteiger partial charge is 0.374 e. The molecule has 2 aliphatic rings. The van der Waals surface area contributed by atoms with Crippen molar-refractivity contribution in [3.05, 3.63) is 69.2 Å². The lowest BCUT2D eigenvalue weighted by Crippen LogP contribution is -2.42.